The minimum Gasteiger partial charge on any atom is -0.341 e. The van der Waals surface area contributed by atoms with Crippen LogP contribution in [0.5, 0.6) is 0 Å². The molecule has 2 nitrogen and oxygen atoms in total. The topological polar surface area (TPSA) is 20.3 Å². The summed E-state index contributed by atoms with van der Waals surface area (Å²) in [5, 5.41) is 0. The predicted molar refractivity (Wildman–Crippen MR) is 79.6 cm³/mol. The highest BCUT2D eigenvalue weighted by atomic mass is 32.1. The molecule has 0 saturated heterocycles. The minimum absolute atomic E-state index is 0.135. The third-order valence-corrected chi connectivity index (χ3v) is 5.15. The average Bonchev–Trinajstić information content (AvgIpc) is 3.01. The maximum Gasteiger partial charge on any atom is 0.253 e. The summed E-state index contributed by atoms with van der Waals surface area (Å²) in [5.74, 6) is 2.69. The molecule has 3 unspecified atom stereocenters. The predicted octanol–water partition coefficient (Wildman–Crippen LogP) is 3.48. The lowest BCUT2D eigenvalue weighted by Crippen LogP contribution is -2.33. The Balaban J connectivity index is 1.62. The summed E-state index contributed by atoms with van der Waals surface area (Å²) >= 11 is 4.25. The van der Waals surface area contributed by atoms with Crippen molar-refractivity contribution < 1.29 is 4.79 Å². The summed E-state index contributed by atoms with van der Waals surface area (Å²) in [6.07, 6.45) is 5.53. The Hall–Kier alpha value is -0.960. The van der Waals surface area contributed by atoms with Gasteiger partial charge in [-0.05, 0) is 61.3 Å². The number of carbonyl (C=O) groups excluding carboxylic acids is 1. The van der Waals surface area contributed by atoms with E-state index in [-0.39, 0.29) is 5.91 Å². The van der Waals surface area contributed by atoms with Gasteiger partial charge < -0.3 is 4.90 Å². The smallest absolute Gasteiger partial charge is 0.253 e. The summed E-state index contributed by atoms with van der Waals surface area (Å²) in [5.41, 5.74) is 0.767. The van der Waals surface area contributed by atoms with Gasteiger partial charge in [0.05, 0.1) is 0 Å². The summed E-state index contributed by atoms with van der Waals surface area (Å²) in [7, 11) is 1.93. The normalized spacial score (nSPS) is 28.6. The molecular weight excluding hydrogens is 254 g/mol. The molecule has 2 aliphatic rings. The van der Waals surface area contributed by atoms with Gasteiger partial charge in [-0.1, -0.05) is 6.42 Å². The fourth-order valence-electron chi connectivity index (χ4n) is 3.86. The van der Waals surface area contributed by atoms with Crippen LogP contribution < -0.4 is 0 Å². The first-order valence-electron chi connectivity index (χ1n) is 7.18. The lowest BCUT2D eigenvalue weighted by molar-refractivity contribution is 0.0754. The van der Waals surface area contributed by atoms with Gasteiger partial charge in [0, 0.05) is 24.1 Å². The highest BCUT2D eigenvalue weighted by Crippen LogP contribution is 2.48. The van der Waals surface area contributed by atoms with Crippen LogP contribution in [0.15, 0.2) is 29.2 Å². The molecule has 2 saturated carbocycles. The van der Waals surface area contributed by atoms with Crippen molar-refractivity contribution >= 4 is 18.5 Å². The summed E-state index contributed by atoms with van der Waals surface area (Å²) in [4.78, 5) is 15.1. The lowest BCUT2D eigenvalue weighted by atomic mass is 9.88. The molecule has 3 atom stereocenters. The highest BCUT2D eigenvalue weighted by Gasteiger charge is 2.40. The Morgan fingerprint density at radius 3 is 2.58 bits per heavy atom. The minimum atomic E-state index is 0.135. The van der Waals surface area contributed by atoms with Crippen LogP contribution in [0.3, 0.4) is 0 Å². The second kappa shape index (κ2) is 5.20. The van der Waals surface area contributed by atoms with Gasteiger partial charge in [-0.25, -0.2) is 0 Å². The van der Waals surface area contributed by atoms with E-state index in [1.165, 1.54) is 25.7 Å². The van der Waals surface area contributed by atoms with Crippen molar-refractivity contribution in [2.24, 2.45) is 17.8 Å². The zero-order chi connectivity index (χ0) is 13.4. The van der Waals surface area contributed by atoms with E-state index in [2.05, 4.69) is 12.6 Å². The van der Waals surface area contributed by atoms with E-state index >= 15 is 0 Å². The van der Waals surface area contributed by atoms with Crippen molar-refractivity contribution in [3.8, 4) is 0 Å². The average molecular weight is 275 g/mol. The van der Waals surface area contributed by atoms with Crippen LogP contribution in [0.4, 0.5) is 0 Å². The monoisotopic (exact) mass is 275 g/mol. The van der Waals surface area contributed by atoms with E-state index in [0.717, 1.165) is 34.8 Å². The largest absolute Gasteiger partial charge is 0.341 e. The van der Waals surface area contributed by atoms with Crippen molar-refractivity contribution in [2.45, 2.75) is 30.6 Å². The summed E-state index contributed by atoms with van der Waals surface area (Å²) < 4.78 is 0. The van der Waals surface area contributed by atoms with Gasteiger partial charge in [-0.2, -0.15) is 0 Å². The van der Waals surface area contributed by atoms with Gasteiger partial charge in [-0.3, -0.25) is 4.79 Å². The van der Waals surface area contributed by atoms with Gasteiger partial charge in [0.1, 0.15) is 0 Å². The number of hydrogen-bond acceptors (Lipinski definition) is 2. The number of rotatable bonds is 3. The molecule has 0 heterocycles. The van der Waals surface area contributed by atoms with Gasteiger partial charge in [0.15, 0.2) is 0 Å². The van der Waals surface area contributed by atoms with Crippen molar-refractivity contribution in [1.29, 1.82) is 0 Å². The molecule has 0 radical (unpaired) electrons. The molecule has 1 aromatic rings. The van der Waals surface area contributed by atoms with Crippen molar-refractivity contribution in [2.75, 3.05) is 13.6 Å². The van der Waals surface area contributed by atoms with Crippen LogP contribution >= 0.6 is 12.6 Å². The first kappa shape index (κ1) is 13.0. The number of nitrogens with zero attached hydrogens (tertiary/aromatic N) is 1. The standard InChI is InChI=1S/C16H21NOS/c1-17(10-14-9-11-2-3-13(14)8-11)16(18)12-4-6-15(19)7-5-12/h4-7,11,13-14,19H,2-3,8-10H2,1H3. The number of fused-ring (bicyclic) bond motifs is 2. The first-order valence-corrected chi connectivity index (χ1v) is 7.62. The second-order valence-corrected chi connectivity index (χ2v) is 6.68. The molecule has 19 heavy (non-hydrogen) atoms. The molecule has 3 heteroatoms. The maximum atomic E-state index is 12.4. The van der Waals surface area contributed by atoms with Crippen LogP contribution in [-0.2, 0) is 0 Å². The zero-order valence-corrected chi connectivity index (χ0v) is 12.3. The molecule has 102 valence electrons. The molecule has 1 amide bonds. The number of hydrogen-bond donors (Lipinski definition) is 1. The van der Waals surface area contributed by atoms with Crippen LogP contribution in [0.25, 0.3) is 0 Å². The number of carbonyl (C=O) groups is 1. The number of amides is 1. The molecule has 0 N–H and O–H groups in total. The Kier molecular flexibility index (Phi) is 3.57. The third kappa shape index (κ3) is 2.66. The molecule has 0 aromatic heterocycles. The second-order valence-electron chi connectivity index (χ2n) is 6.17. The van der Waals surface area contributed by atoms with E-state index in [1.54, 1.807) is 0 Å². The Bertz CT molecular complexity index is 470. The molecule has 2 aliphatic carbocycles. The molecule has 2 bridgehead atoms. The first-order chi connectivity index (χ1) is 9.13. The van der Waals surface area contributed by atoms with Gasteiger partial charge >= 0.3 is 0 Å². The van der Waals surface area contributed by atoms with Crippen LogP contribution in [0.1, 0.15) is 36.0 Å². The number of thiol groups is 1. The van der Waals surface area contributed by atoms with Gasteiger partial charge in [-0.15, -0.1) is 12.6 Å². The van der Waals surface area contributed by atoms with Crippen molar-refractivity contribution in [3.63, 3.8) is 0 Å². The number of benzene rings is 1. The quantitative estimate of drug-likeness (QED) is 0.837. The van der Waals surface area contributed by atoms with Crippen molar-refractivity contribution in [3.05, 3.63) is 29.8 Å². The molecule has 0 spiro atoms. The Morgan fingerprint density at radius 2 is 2.00 bits per heavy atom. The zero-order valence-electron chi connectivity index (χ0n) is 11.4. The molecule has 2 fully saturated rings. The fourth-order valence-corrected chi connectivity index (χ4v) is 4.01. The van der Waals surface area contributed by atoms with Crippen LogP contribution in [0, 0.1) is 17.8 Å². The molecule has 1 aromatic carbocycles. The molecular formula is C16H21NOS. The van der Waals surface area contributed by atoms with Gasteiger partial charge in [0.2, 0.25) is 0 Å². The van der Waals surface area contributed by atoms with Gasteiger partial charge in [0.25, 0.3) is 5.91 Å². The third-order valence-electron chi connectivity index (χ3n) is 4.85. The van der Waals surface area contributed by atoms with E-state index in [9.17, 15) is 4.79 Å². The molecule has 3 rings (SSSR count). The highest BCUT2D eigenvalue weighted by molar-refractivity contribution is 7.80. The fraction of sp³-hybridized carbons (Fsp3) is 0.562. The molecule has 0 aliphatic heterocycles. The van der Waals surface area contributed by atoms with Crippen LogP contribution in [0.2, 0.25) is 0 Å². The maximum absolute atomic E-state index is 12.4. The Morgan fingerprint density at radius 1 is 1.26 bits per heavy atom. The summed E-state index contributed by atoms with van der Waals surface area (Å²) in [6.45, 7) is 0.919. The van der Waals surface area contributed by atoms with E-state index in [4.69, 9.17) is 0 Å². The van der Waals surface area contributed by atoms with Crippen molar-refractivity contribution in [1.82, 2.24) is 4.90 Å². The lowest BCUT2D eigenvalue weighted by Gasteiger charge is -2.27. The van der Waals surface area contributed by atoms with Crippen LogP contribution in [-0.4, -0.2) is 24.4 Å². The summed E-state index contributed by atoms with van der Waals surface area (Å²) in [6, 6.07) is 7.48. The Labute approximate surface area is 120 Å². The van der Waals surface area contributed by atoms with E-state index < -0.39 is 0 Å². The van der Waals surface area contributed by atoms with E-state index in [1.807, 2.05) is 36.2 Å². The van der Waals surface area contributed by atoms with E-state index in [0.29, 0.717) is 0 Å². The SMILES string of the molecule is CN(CC1CC2CCC1C2)C(=O)c1ccc(S)cc1.